The number of hydrogen-bond acceptors (Lipinski definition) is 3. The monoisotopic (exact) mass is 297 g/mol. The van der Waals surface area contributed by atoms with Crippen molar-refractivity contribution >= 4 is 21.6 Å². The van der Waals surface area contributed by atoms with E-state index >= 15 is 0 Å². The molecule has 0 saturated carbocycles. The highest BCUT2D eigenvalue weighted by Crippen LogP contribution is 2.19. The van der Waals surface area contributed by atoms with Crippen LogP contribution in [0.2, 0.25) is 0 Å². The molecular weight excluding hydrogens is 282 g/mol. The Bertz CT molecular complexity index is 826. The molecule has 1 aromatic heterocycles. The Morgan fingerprint density at radius 1 is 0.857 bits per heavy atom. The van der Waals surface area contributed by atoms with Crippen molar-refractivity contribution in [2.24, 2.45) is 0 Å². The van der Waals surface area contributed by atoms with Gasteiger partial charge in [-0.25, -0.2) is 8.42 Å². The third kappa shape index (κ3) is 3.28. The number of benzene rings is 2. The number of thiol groups is 1. The highest BCUT2D eigenvalue weighted by Gasteiger charge is 2.03. The van der Waals surface area contributed by atoms with E-state index < -0.39 is 10.7 Å². The molecule has 0 spiro atoms. The van der Waals surface area contributed by atoms with E-state index in [1.807, 2.05) is 54.7 Å². The van der Waals surface area contributed by atoms with Gasteiger partial charge in [0.15, 0.2) is 0 Å². The Hall–Kier alpha value is -2.20. The molecule has 0 aliphatic heterocycles. The number of hydrogen-bond donors (Lipinski definition) is 1. The quantitative estimate of drug-likeness (QED) is 0.753. The van der Waals surface area contributed by atoms with E-state index in [-0.39, 0.29) is 5.75 Å². The fraction of sp³-hybridized carbons (Fsp3) is 0.118. The van der Waals surface area contributed by atoms with E-state index in [0.717, 1.165) is 28.5 Å². The molecule has 0 aliphatic carbocycles. The van der Waals surface area contributed by atoms with Gasteiger partial charge in [0.05, 0.1) is 11.3 Å². The van der Waals surface area contributed by atoms with Crippen LogP contribution in [0.5, 0.6) is 0 Å². The average Bonchev–Trinajstić information content (AvgIpc) is 2.49. The SMILES string of the molecule is O=[SH](=O)Cc1ccc(Cc2ccnc3ccccc23)cc1. The normalized spacial score (nSPS) is 11.1. The minimum absolute atomic E-state index is 0.105. The number of rotatable bonds is 4. The van der Waals surface area contributed by atoms with Gasteiger partial charge in [-0.2, -0.15) is 0 Å². The molecule has 0 unspecified atom stereocenters. The number of fused-ring (bicyclic) bond motifs is 1. The van der Waals surface area contributed by atoms with Crippen LogP contribution in [-0.4, -0.2) is 13.4 Å². The molecule has 0 N–H and O–H groups in total. The van der Waals surface area contributed by atoms with Crippen LogP contribution < -0.4 is 0 Å². The Morgan fingerprint density at radius 3 is 2.33 bits per heavy atom. The van der Waals surface area contributed by atoms with Crippen LogP contribution in [0.25, 0.3) is 10.9 Å². The van der Waals surface area contributed by atoms with Crippen molar-refractivity contribution in [1.82, 2.24) is 4.98 Å². The largest absolute Gasteiger partial charge is 0.256 e. The van der Waals surface area contributed by atoms with E-state index in [4.69, 9.17) is 0 Å². The number of pyridine rings is 1. The molecule has 0 aliphatic rings. The maximum absolute atomic E-state index is 10.7. The third-order valence-corrected chi connectivity index (χ3v) is 4.09. The Balaban J connectivity index is 1.88. The second kappa shape index (κ2) is 6.06. The third-order valence-electron chi connectivity index (χ3n) is 3.47. The van der Waals surface area contributed by atoms with Crippen LogP contribution in [-0.2, 0) is 22.9 Å². The van der Waals surface area contributed by atoms with Gasteiger partial charge in [-0.3, -0.25) is 4.98 Å². The molecule has 0 bridgehead atoms. The summed E-state index contributed by atoms with van der Waals surface area (Å²) in [6, 6.07) is 17.9. The highest BCUT2D eigenvalue weighted by atomic mass is 32.2. The van der Waals surface area contributed by atoms with E-state index in [1.165, 1.54) is 5.56 Å². The molecule has 1 heterocycles. The summed E-state index contributed by atoms with van der Waals surface area (Å²) in [7, 11) is -2.37. The summed E-state index contributed by atoms with van der Waals surface area (Å²) in [5.41, 5.74) is 4.21. The summed E-state index contributed by atoms with van der Waals surface area (Å²) in [5, 5.41) is 1.16. The Morgan fingerprint density at radius 2 is 1.57 bits per heavy atom. The first-order valence-electron chi connectivity index (χ1n) is 6.74. The van der Waals surface area contributed by atoms with Crippen LogP contribution in [0.1, 0.15) is 16.7 Å². The molecule has 2 aromatic carbocycles. The molecule has 0 saturated heterocycles. The molecule has 106 valence electrons. The minimum Gasteiger partial charge on any atom is -0.256 e. The molecule has 21 heavy (non-hydrogen) atoms. The van der Waals surface area contributed by atoms with E-state index in [0.29, 0.717) is 0 Å². The average molecular weight is 297 g/mol. The lowest BCUT2D eigenvalue weighted by atomic mass is 10.0. The molecule has 3 rings (SSSR count). The molecule has 0 radical (unpaired) electrons. The Kier molecular flexibility index (Phi) is 3.97. The van der Waals surface area contributed by atoms with Crippen molar-refractivity contribution in [2.45, 2.75) is 12.2 Å². The van der Waals surface area contributed by atoms with E-state index in [1.54, 1.807) is 0 Å². The second-order valence-electron chi connectivity index (χ2n) is 4.97. The van der Waals surface area contributed by atoms with Gasteiger partial charge in [0, 0.05) is 11.6 Å². The van der Waals surface area contributed by atoms with Crippen LogP contribution in [0.4, 0.5) is 0 Å². The van der Waals surface area contributed by atoms with Gasteiger partial charge < -0.3 is 0 Å². The van der Waals surface area contributed by atoms with Crippen LogP contribution in [0, 0.1) is 0 Å². The van der Waals surface area contributed by atoms with E-state index in [9.17, 15) is 8.42 Å². The molecule has 0 fully saturated rings. The highest BCUT2D eigenvalue weighted by molar-refractivity contribution is 7.71. The summed E-state index contributed by atoms with van der Waals surface area (Å²) in [4.78, 5) is 4.36. The van der Waals surface area contributed by atoms with E-state index in [2.05, 4.69) is 11.1 Å². The summed E-state index contributed by atoms with van der Waals surface area (Å²) in [5.74, 6) is 0.105. The molecule has 3 aromatic rings. The van der Waals surface area contributed by atoms with Crippen molar-refractivity contribution in [2.75, 3.05) is 0 Å². The number of aromatic nitrogens is 1. The fourth-order valence-electron chi connectivity index (χ4n) is 2.44. The fourth-order valence-corrected chi connectivity index (χ4v) is 2.95. The second-order valence-corrected chi connectivity index (χ2v) is 5.95. The predicted octanol–water partition coefficient (Wildman–Crippen LogP) is 2.94. The van der Waals surface area contributed by atoms with Gasteiger partial charge in [0.2, 0.25) is 0 Å². The van der Waals surface area contributed by atoms with Crippen LogP contribution >= 0.6 is 0 Å². The van der Waals surface area contributed by atoms with Crippen molar-refractivity contribution in [3.63, 3.8) is 0 Å². The zero-order chi connectivity index (χ0) is 14.7. The molecule has 0 atom stereocenters. The topological polar surface area (TPSA) is 47.0 Å². The van der Waals surface area contributed by atoms with Gasteiger partial charge in [0.1, 0.15) is 10.7 Å². The Labute approximate surface area is 125 Å². The van der Waals surface area contributed by atoms with Crippen molar-refractivity contribution < 1.29 is 8.42 Å². The molecular formula is C17H15NO2S. The van der Waals surface area contributed by atoms with Crippen LogP contribution in [0.15, 0.2) is 60.8 Å². The molecule has 4 heteroatoms. The number of para-hydroxylation sites is 1. The maximum atomic E-state index is 10.7. The van der Waals surface area contributed by atoms with Gasteiger partial charge in [-0.15, -0.1) is 0 Å². The lowest BCUT2D eigenvalue weighted by Gasteiger charge is -2.06. The van der Waals surface area contributed by atoms with Crippen molar-refractivity contribution in [1.29, 1.82) is 0 Å². The smallest absolute Gasteiger partial charge is 0.144 e. The van der Waals surface area contributed by atoms with Gasteiger partial charge in [0.25, 0.3) is 0 Å². The number of nitrogens with zero attached hydrogens (tertiary/aromatic N) is 1. The summed E-state index contributed by atoms with van der Waals surface area (Å²) < 4.78 is 21.4. The summed E-state index contributed by atoms with van der Waals surface area (Å²) in [6.45, 7) is 0. The van der Waals surface area contributed by atoms with Crippen molar-refractivity contribution in [3.8, 4) is 0 Å². The van der Waals surface area contributed by atoms with Gasteiger partial charge >= 0.3 is 0 Å². The standard InChI is InChI=1S/C17H15NO2S/c19-21(20)12-14-7-5-13(6-8-14)11-15-9-10-18-17-4-2-1-3-16(15)17/h1-10,21H,11-12H2. The van der Waals surface area contributed by atoms with Crippen molar-refractivity contribution in [3.05, 3.63) is 77.5 Å². The zero-order valence-electron chi connectivity index (χ0n) is 11.4. The molecule has 3 nitrogen and oxygen atoms in total. The first-order valence-corrected chi connectivity index (χ1v) is 8.11. The van der Waals surface area contributed by atoms with Gasteiger partial charge in [-0.05, 0) is 35.2 Å². The summed E-state index contributed by atoms with van der Waals surface area (Å²) in [6.07, 6.45) is 2.64. The zero-order valence-corrected chi connectivity index (χ0v) is 12.3. The molecule has 0 amide bonds. The van der Waals surface area contributed by atoms with Crippen LogP contribution in [0.3, 0.4) is 0 Å². The first-order chi connectivity index (χ1) is 10.2. The lowest BCUT2D eigenvalue weighted by Crippen LogP contribution is -1.93. The predicted molar refractivity (Wildman–Crippen MR) is 85.0 cm³/mol. The lowest BCUT2D eigenvalue weighted by molar-refractivity contribution is 0.614. The first kappa shape index (κ1) is 13.8. The minimum atomic E-state index is -2.37. The van der Waals surface area contributed by atoms with Gasteiger partial charge in [-0.1, -0.05) is 42.5 Å². The summed E-state index contributed by atoms with van der Waals surface area (Å²) >= 11 is 0. The maximum Gasteiger partial charge on any atom is 0.144 e.